The summed E-state index contributed by atoms with van der Waals surface area (Å²) in [4.78, 5) is 75.0. The van der Waals surface area contributed by atoms with Gasteiger partial charge in [-0.1, -0.05) is 54.9 Å². The molecule has 254 valence electrons. The minimum atomic E-state index is -1.25. The molecule has 0 heterocycles. The van der Waals surface area contributed by atoms with Crippen molar-refractivity contribution in [2.24, 2.45) is 17.8 Å². The van der Waals surface area contributed by atoms with Gasteiger partial charge in [-0.25, -0.2) is 0 Å². The summed E-state index contributed by atoms with van der Waals surface area (Å²) < 4.78 is 0. The van der Waals surface area contributed by atoms with Crippen molar-refractivity contribution < 1.29 is 39.0 Å². The zero-order valence-corrected chi connectivity index (χ0v) is 27.8. The summed E-state index contributed by atoms with van der Waals surface area (Å²) >= 11 is 0. The molecular formula is C31H57N5O8. The highest BCUT2D eigenvalue weighted by Gasteiger charge is 2.32. The number of aliphatic hydroxyl groups is 1. The predicted molar refractivity (Wildman–Crippen MR) is 167 cm³/mol. The van der Waals surface area contributed by atoms with Gasteiger partial charge < -0.3 is 36.8 Å². The molecule has 0 radical (unpaired) electrons. The Morgan fingerprint density at radius 3 is 1.77 bits per heavy atom. The van der Waals surface area contributed by atoms with Gasteiger partial charge in [0.15, 0.2) is 0 Å². The first kappa shape index (κ1) is 40.8. The molecule has 13 heteroatoms. The molecular weight excluding hydrogens is 570 g/mol. The lowest BCUT2D eigenvalue weighted by molar-refractivity contribution is -0.137. The van der Waals surface area contributed by atoms with Crippen molar-refractivity contribution in [2.75, 3.05) is 6.54 Å². The second-order valence-corrected chi connectivity index (χ2v) is 12.5. The molecule has 0 saturated carbocycles. The number of carboxylic acids is 1. The van der Waals surface area contributed by atoms with Crippen LogP contribution in [-0.4, -0.2) is 82.5 Å². The normalized spacial score (nSPS) is 14.7. The molecule has 0 unspecified atom stereocenters. The maximum atomic E-state index is 13.4. The Morgan fingerprint density at radius 1 is 0.682 bits per heavy atom. The van der Waals surface area contributed by atoms with Gasteiger partial charge in [0.25, 0.3) is 0 Å². The maximum Gasteiger partial charge on any atom is 0.303 e. The van der Waals surface area contributed by atoms with E-state index in [1.54, 1.807) is 20.8 Å². The summed E-state index contributed by atoms with van der Waals surface area (Å²) in [6, 6.07) is -3.44. The molecule has 0 bridgehead atoms. The summed E-state index contributed by atoms with van der Waals surface area (Å²) in [6.07, 6.45) is -0.124. The first-order valence-electron chi connectivity index (χ1n) is 15.9. The lowest BCUT2D eigenvalue weighted by Gasteiger charge is -2.29. The number of carbonyl (C=O) groups is 6. The van der Waals surface area contributed by atoms with Gasteiger partial charge >= 0.3 is 5.97 Å². The zero-order valence-electron chi connectivity index (χ0n) is 27.8. The minimum absolute atomic E-state index is 0.0450. The molecule has 0 spiro atoms. The van der Waals surface area contributed by atoms with Crippen LogP contribution >= 0.6 is 0 Å². The molecule has 13 nitrogen and oxygen atoms in total. The quantitative estimate of drug-likeness (QED) is 0.0937. The fraction of sp³-hybridized carbons (Fsp3) is 0.806. The monoisotopic (exact) mass is 627 g/mol. The van der Waals surface area contributed by atoms with Crippen LogP contribution in [0.2, 0.25) is 0 Å². The fourth-order valence-corrected chi connectivity index (χ4v) is 4.69. The average Bonchev–Trinajstić information content (AvgIpc) is 2.89. The fourth-order valence-electron chi connectivity index (χ4n) is 4.69. The number of hydrogen-bond acceptors (Lipinski definition) is 7. The summed E-state index contributed by atoms with van der Waals surface area (Å²) in [5.74, 6) is -3.44. The molecule has 5 amide bonds. The zero-order chi connectivity index (χ0) is 34.0. The standard InChI is InChI=1S/C31H57N5O8/c1-9-12-21(34-30(43)23(16-19(5)6)33-25(38)13-11-14-27(40)41)29(42)35-22(15-18(3)4)24(37)17-26(39)36-28(20(7)8)31(44)32-10-2/h18-24,28,37H,9-17H2,1-8H3,(H,32,44)(H,33,38)(H,34,43)(H,35,42)(H,36,39)(H,40,41)/t21-,22-,23-,24-,28-/m0/s1. The van der Waals surface area contributed by atoms with E-state index >= 15 is 0 Å². The molecule has 0 fully saturated rings. The third-order valence-corrected chi connectivity index (χ3v) is 6.89. The lowest BCUT2D eigenvalue weighted by Crippen LogP contribution is -2.57. The predicted octanol–water partition coefficient (Wildman–Crippen LogP) is 1.62. The number of rotatable bonds is 22. The Kier molecular flexibility index (Phi) is 19.9. The van der Waals surface area contributed by atoms with Crippen molar-refractivity contribution in [1.82, 2.24) is 26.6 Å². The van der Waals surface area contributed by atoms with Gasteiger partial charge in [-0.15, -0.1) is 0 Å². The van der Waals surface area contributed by atoms with Gasteiger partial charge in [-0.05, 0) is 50.4 Å². The topological polar surface area (TPSA) is 203 Å². The number of carboxylic acid groups (broad SMARTS) is 1. The summed E-state index contributed by atoms with van der Waals surface area (Å²) in [7, 11) is 0. The van der Waals surface area contributed by atoms with Crippen LogP contribution in [0.4, 0.5) is 0 Å². The number of amides is 5. The van der Waals surface area contributed by atoms with E-state index in [9.17, 15) is 33.9 Å². The van der Waals surface area contributed by atoms with Crippen LogP contribution in [0.25, 0.3) is 0 Å². The van der Waals surface area contributed by atoms with Gasteiger partial charge in [0, 0.05) is 19.4 Å². The summed E-state index contributed by atoms with van der Waals surface area (Å²) in [5.41, 5.74) is 0. The van der Waals surface area contributed by atoms with Gasteiger partial charge in [-0.2, -0.15) is 0 Å². The van der Waals surface area contributed by atoms with Crippen LogP contribution in [0.3, 0.4) is 0 Å². The minimum Gasteiger partial charge on any atom is -0.481 e. The Balaban J connectivity index is 5.62. The number of aliphatic carboxylic acids is 1. The summed E-state index contributed by atoms with van der Waals surface area (Å²) in [6.45, 7) is 15.3. The largest absolute Gasteiger partial charge is 0.481 e. The highest BCUT2D eigenvalue weighted by atomic mass is 16.4. The first-order chi connectivity index (χ1) is 20.5. The van der Waals surface area contributed by atoms with Crippen molar-refractivity contribution in [2.45, 2.75) is 137 Å². The second kappa shape index (κ2) is 21.5. The molecule has 0 aromatic rings. The number of carbonyl (C=O) groups excluding carboxylic acids is 5. The number of hydrogen-bond donors (Lipinski definition) is 7. The van der Waals surface area contributed by atoms with E-state index in [2.05, 4.69) is 26.6 Å². The third kappa shape index (κ3) is 17.2. The number of nitrogens with one attached hydrogen (secondary N) is 5. The molecule has 0 aliphatic carbocycles. The van der Waals surface area contributed by atoms with Crippen LogP contribution in [0.1, 0.15) is 107 Å². The van der Waals surface area contributed by atoms with Gasteiger partial charge in [-0.3, -0.25) is 28.8 Å². The summed E-state index contributed by atoms with van der Waals surface area (Å²) in [5, 5.41) is 33.4. The Bertz CT molecular complexity index is 940. The first-order valence-corrected chi connectivity index (χ1v) is 15.9. The van der Waals surface area contributed by atoms with E-state index in [0.717, 1.165) is 0 Å². The van der Waals surface area contributed by atoms with Crippen molar-refractivity contribution in [3.63, 3.8) is 0 Å². The van der Waals surface area contributed by atoms with Crippen molar-refractivity contribution >= 4 is 35.5 Å². The number of likely N-dealkylation sites (N-methyl/N-ethyl adjacent to an activating group) is 1. The second-order valence-electron chi connectivity index (χ2n) is 12.5. The van der Waals surface area contributed by atoms with Crippen LogP contribution in [0.15, 0.2) is 0 Å². The SMILES string of the molecule is CCC[C@H](NC(=O)[C@H](CC(C)C)NC(=O)CCCC(=O)O)C(=O)N[C@@H](CC(C)C)[C@@H](O)CC(=O)N[C@H](C(=O)NCC)C(C)C. The molecule has 0 aromatic heterocycles. The van der Waals surface area contributed by atoms with Crippen molar-refractivity contribution in [1.29, 1.82) is 0 Å². The molecule has 7 N–H and O–H groups in total. The lowest BCUT2D eigenvalue weighted by atomic mass is 9.95. The van der Waals surface area contributed by atoms with E-state index in [1.165, 1.54) is 0 Å². The van der Waals surface area contributed by atoms with Crippen LogP contribution in [-0.2, 0) is 28.8 Å². The van der Waals surface area contributed by atoms with Gasteiger partial charge in [0.1, 0.15) is 18.1 Å². The highest BCUT2D eigenvalue weighted by Crippen LogP contribution is 2.14. The third-order valence-electron chi connectivity index (χ3n) is 6.89. The molecule has 0 saturated heterocycles. The van der Waals surface area contributed by atoms with Crippen molar-refractivity contribution in [3.8, 4) is 0 Å². The van der Waals surface area contributed by atoms with E-state index in [0.29, 0.717) is 32.2 Å². The molecule has 0 aromatic carbocycles. The van der Waals surface area contributed by atoms with Gasteiger partial charge in [0.05, 0.1) is 18.6 Å². The van der Waals surface area contributed by atoms with Crippen molar-refractivity contribution in [3.05, 3.63) is 0 Å². The Hall–Kier alpha value is -3.22. The average molecular weight is 628 g/mol. The van der Waals surface area contributed by atoms with E-state index in [1.807, 2.05) is 34.6 Å². The van der Waals surface area contributed by atoms with E-state index in [4.69, 9.17) is 5.11 Å². The van der Waals surface area contributed by atoms with Crippen LogP contribution < -0.4 is 26.6 Å². The maximum absolute atomic E-state index is 13.4. The Labute approximate surface area is 262 Å². The molecule has 44 heavy (non-hydrogen) atoms. The molecule has 0 aliphatic rings. The highest BCUT2D eigenvalue weighted by molar-refractivity contribution is 5.92. The number of aliphatic hydroxyl groups excluding tert-OH is 1. The van der Waals surface area contributed by atoms with Crippen LogP contribution in [0.5, 0.6) is 0 Å². The van der Waals surface area contributed by atoms with Gasteiger partial charge in [0.2, 0.25) is 29.5 Å². The van der Waals surface area contributed by atoms with Crippen LogP contribution in [0, 0.1) is 17.8 Å². The molecule has 5 atom stereocenters. The van der Waals surface area contributed by atoms with E-state index < -0.39 is 59.9 Å². The molecule has 0 aliphatic heterocycles. The smallest absolute Gasteiger partial charge is 0.303 e. The molecule has 0 rings (SSSR count). The Morgan fingerprint density at radius 2 is 1.27 bits per heavy atom. The van der Waals surface area contributed by atoms with E-state index in [-0.39, 0.29) is 49.3 Å².